The largest absolute Gasteiger partial charge is 0.460 e. The number of carbonyl (C=O) groups excluding carboxylic acids is 2. The highest BCUT2D eigenvalue weighted by Crippen LogP contribution is 2.26. The summed E-state index contributed by atoms with van der Waals surface area (Å²) in [6.07, 6.45) is 0.621. The van der Waals surface area contributed by atoms with Crippen LogP contribution >= 0.6 is 0 Å². The van der Waals surface area contributed by atoms with Gasteiger partial charge in [0.15, 0.2) is 5.76 Å². The summed E-state index contributed by atoms with van der Waals surface area (Å²) < 4.78 is 21.1. The molecule has 1 amide bonds. The molecule has 0 aromatic heterocycles. The average molecular weight is 391 g/mol. The van der Waals surface area contributed by atoms with Gasteiger partial charge in [0.05, 0.1) is 6.61 Å². The van der Waals surface area contributed by atoms with Crippen LogP contribution in [0.1, 0.15) is 45.7 Å². The maximum absolute atomic E-state index is 12.2. The molecule has 0 saturated carbocycles. The summed E-state index contributed by atoms with van der Waals surface area (Å²) in [5, 5.41) is 0. The van der Waals surface area contributed by atoms with Crippen LogP contribution in [0.3, 0.4) is 0 Å². The predicted octanol–water partition coefficient (Wildman–Crippen LogP) is 3.72. The zero-order valence-corrected chi connectivity index (χ0v) is 17.4. The van der Waals surface area contributed by atoms with Gasteiger partial charge in [-0.2, -0.15) is 0 Å². The third-order valence-electron chi connectivity index (χ3n) is 4.10. The van der Waals surface area contributed by atoms with Gasteiger partial charge in [-0.25, -0.2) is 9.59 Å². The minimum atomic E-state index is -1.07. The Bertz CT molecular complexity index is 737. The van der Waals surface area contributed by atoms with Crippen molar-refractivity contribution in [2.75, 3.05) is 13.7 Å². The van der Waals surface area contributed by atoms with E-state index < -0.39 is 17.9 Å². The maximum Gasteiger partial charge on any atom is 0.410 e. The number of rotatable bonds is 6. The van der Waals surface area contributed by atoms with Gasteiger partial charge in [-0.3, -0.25) is 0 Å². The molecule has 7 nitrogen and oxygen atoms in total. The van der Waals surface area contributed by atoms with Crippen molar-refractivity contribution >= 4 is 17.8 Å². The molecule has 1 heterocycles. The van der Waals surface area contributed by atoms with E-state index in [2.05, 4.69) is 0 Å². The van der Waals surface area contributed by atoms with Crippen LogP contribution < -0.4 is 0 Å². The number of likely N-dealkylation sites (N-methyl/N-ethyl adjacent to an activating group) is 1. The lowest BCUT2D eigenvalue weighted by Gasteiger charge is -2.28. The second kappa shape index (κ2) is 8.99. The number of nitrogens with zero attached hydrogens (tertiary/aromatic N) is 1. The van der Waals surface area contributed by atoms with E-state index in [0.29, 0.717) is 12.2 Å². The van der Waals surface area contributed by atoms with Crippen molar-refractivity contribution < 1.29 is 28.5 Å². The van der Waals surface area contributed by atoms with Crippen molar-refractivity contribution in [1.82, 2.24) is 4.90 Å². The van der Waals surface area contributed by atoms with Gasteiger partial charge in [0, 0.05) is 18.7 Å². The van der Waals surface area contributed by atoms with E-state index in [1.165, 1.54) is 6.26 Å². The number of hydrogen-bond acceptors (Lipinski definition) is 6. The highest BCUT2D eigenvalue weighted by molar-refractivity contribution is 5.76. The molecule has 2 rings (SSSR count). The van der Waals surface area contributed by atoms with Crippen LogP contribution in [0.5, 0.6) is 0 Å². The van der Waals surface area contributed by atoms with Crippen LogP contribution in [0.4, 0.5) is 4.79 Å². The van der Waals surface area contributed by atoms with E-state index in [-0.39, 0.29) is 18.7 Å². The third kappa shape index (κ3) is 5.90. The molecule has 1 aliphatic heterocycles. The highest BCUT2D eigenvalue weighted by atomic mass is 16.7. The first-order valence-corrected chi connectivity index (χ1v) is 9.34. The number of ether oxygens (including phenoxy) is 4. The van der Waals surface area contributed by atoms with Crippen molar-refractivity contribution in [3.8, 4) is 0 Å². The first kappa shape index (κ1) is 21.6. The Balaban J connectivity index is 2.00. The molecule has 0 saturated heterocycles. The molecule has 2 atom stereocenters. The van der Waals surface area contributed by atoms with E-state index in [9.17, 15) is 9.59 Å². The fourth-order valence-electron chi connectivity index (χ4n) is 2.59. The molecule has 0 N–H and O–H groups in total. The molecule has 0 bridgehead atoms. The molecular formula is C21H29NO6. The standard InChI is InChI=1S/C21H29NO6/c1-7-25-18(23)19-26-13-17(27-19)16-10-8-9-15(12-16)11-14(2)22(6)20(24)28-21(3,4)5/h8-10,12-14,19H,7,11H2,1-6H3. The van der Waals surface area contributed by atoms with Crippen molar-refractivity contribution in [3.63, 3.8) is 0 Å². The Morgan fingerprint density at radius 3 is 2.64 bits per heavy atom. The van der Waals surface area contributed by atoms with Gasteiger partial charge < -0.3 is 23.8 Å². The van der Waals surface area contributed by atoms with Crippen molar-refractivity contribution in [2.24, 2.45) is 0 Å². The Labute approximate surface area is 166 Å². The second-order valence-corrected chi connectivity index (χ2v) is 7.66. The minimum Gasteiger partial charge on any atom is -0.460 e. The van der Waals surface area contributed by atoms with Crippen LogP contribution in [0.15, 0.2) is 30.5 Å². The molecule has 0 fully saturated rings. The van der Waals surface area contributed by atoms with Gasteiger partial charge in [0.2, 0.25) is 0 Å². The Kier molecular flexibility index (Phi) is 6.94. The summed E-state index contributed by atoms with van der Waals surface area (Å²) in [4.78, 5) is 25.5. The van der Waals surface area contributed by atoms with E-state index in [1.807, 2.05) is 52.0 Å². The topological polar surface area (TPSA) is 74.3 Å². The summed E-state index contributed by atoms with van der Waals surface area (Å²) in [5.74, 6) is -0.0921. The molecule has 1 aromatic carbocycles. The number of esters is 1. The lowest BCUT2D eigenvalue weighted by molar-refractivity contribution is -0.168. The van der Waals surface area contributed by atoms with Crippen molar-refractivity contribution in [1.29, 1.82) is 0 Å². The van der Waals surface area contributed by atoms with Crippen LogP contribution in [0.2, 0.25) is 0 Å². The predicted molar refractivity (Wildman–Crippen MR) is 104 cm³/mol. The fraction of sp³-hybridized carbons (Fsp3) is 0.524. The number of amides is 1. The SMILES string of the molecule is CCOC(=O)C1OC=C(c2cccc(CC(C)N(C)C(=O)OC(C)(C)C)c2)O1. The van der Waals surface area contributed by atoms with E-state index in [0.717, 1.165) is 11.1 Å². The normalized spacial score (nSPS) is 17.1. The average Bonchev–Trinajstić information content (AvgIpc) is 3.10. The van der Waals surface area contributed by atoms with Gasteiger partial charge in [0.1, 0.15) is 11.9 Å². The molecule has 154 valence electrons. The molecule has 7 heteroatoms. The number of hydrogen-bond donors (Lipinski definition) is 0. The van der Waals surface area contributed by atoms with Crippen molar-refractivity contribution in [3.05, 3.63) is 41.7 Å². The lowest BCUT2D eigenvalue weighted by atomic mass is 10.0. The quantitative estimate of drug-likeness (QED) is 0.688. The van der Waals surface area contributed by atoms with Gasteiger partial charge in [0.25, 0.3) is 0 Å². The zero-order valence-electron chi connectivity index (χ0n) is 17.4. The summed E-state index contributed by atoms with van der Waals surface area (Å²) in [6, 6.07) is 7.62. The van der Waals surface area contributed by atoms with E-state index in [4.69, 9.17) is 18.9 Å². The fourth-order valence-corrected chi connectivity index (χ4v) is 2.59. The molecule has 2 unspecified atom stereocenters. The summed E-state index contributed by atoms with van der Waals surface area (Å²) in [5.41, 5.74) is 1.27. The molecule has 1 aromatic rings. The number of carbonyl (C=O) groups is 2. The molecule has 0 spiro atoms. The first-order chi connectivity index (χ1) is 13.1. The second-order valence-electron chi connectivity index (χ2n) is 7.66. The highest BCUT2D eigenvalue weighted by Gasteiger charge is 2.29. The minimum absolute atomic E-state index is 0.0629. The van der Waals surface area contributed by atoms with Crippen LogP contribution in [-0.2, 0) is 30.2 Å². The van der Waals surface area contributed by atoms with Gasteiger partial charge in [-0.1, -0.05) is 18.2 Å². The summed E-state index contributed by atoms with van der Waals surface area (Å²) in [6.45, 7) is 9.47. The molecule has 0 aliphatic carbocycles. The van der Waals surface area contributed by atoms with Gasteiger partial charge in [-0.05, 0) is 52.7 Å². The molecule has 0 radical (unpaired) electrons. The Morgan fingerprint density at radius 2 is 2.00 bits per heavy atom. The molecular weight excluding hydrogens is 362 g/mol. The van der Waals surface area contributed by atoms with Gasteiger partial charge in [-0.15, -0.1) is 0 Å². The molecule has 1 aliphatic rings. The third-order valence-corrected chi connectivity index (χ3v) is 4.10. The van der Waals surface area contributed by atoms with Crippen LogP contribution in [-0.4, -0.2) is 48.5 Å². The monoisotopic (exact) mass is 391 g/mol. The van der Waals surface area contributed by atoms with E-state index in [1.54, 1.807) is 18.9 Å². The lowest BCUT2D eigenvalue weighted by Crippen LogP contribution is -2.40. The summed E-state index contributed by atoms with van der Waals surface area (Å²) in [7, 11) is 1.73. The Hall–Kier alpha value is -2.70. The number of benzene rings is 1. The van der Waals surface area contributed by atoms with Crippen LogP contribution in [0.25, 0.3) is 5.76 Å². The van der Waals surface area contributed by atoms with E-state index >= 15 is 0 Å². The zero-order chi connectivity index (χ0) is 20.9. The summed E-state index contributed by atoms with van der Waals surface area (Å²) >= 11 is 0. The van der Waals surface area contributed by atoms with Crippen molar-refractivity contribution in [2.45, 2.75) is 59.0 Å². The first-order valence-electron chi connectivity index (χ1n) is 9.34. The molecule has 28 heavy (non-hydrogen) atoms. The maximum atomic E-state index is 12.2. The smallest absolute Gasteiger partial charge is 0.410 e. The van der Waals surface area contributed by atoms with Gasteiger partial charge >= 0.3 is 18.4 Å². The Morgan fingerprint density at radius 1 is 1.29 bits per heavy atom. The van der Waals surface area contributed by atoms with Crippen LogP contribution in [0, 0.1) is 0 Å².